The van der Waals surface area contributed by atoms with Crippen molar-refractivity contribution in [1.29, 1.82) is 0 Å². The van der Waals surface area contributed by atoms with E-state index in [4.69, 9.17) is 0 Å². The van der Waals surface area contributed by atoms with Crippen LogP contribution in [0.2, 0.25) is 0 Å². The highest BCUT2D eigenvalue weighted by molar-refractivity contribution is 5.78. The van der Waals surface area contributed by atoms with E-state index in [1.165, 1.54) is 13.0 Å². The minimum atomic E-state index is 0.262. The Hall–Kier alpha value is -0.610. The van der Waals surface area contributed by atoms with Gasteiger partial charge in [0.1, 0.15) is 0 Å². The molecular formula is C13H27N3O. The van der Waals surface area contributed by atoms with Gasteiger partial charge in [0.2, 0.25) is 5.91 Å². The van der Waals surface area contributed by atoms with Gasteiger partial charge in [-0.2, -0.15) is 0 Å². The van der Waals surface area contributed by atoms with Crippen LogP contribution in [0.15, 0.2) is 0 Å². The highest BCUT2D eigenvalue weighted by Gasteiger charge is 2.21. The van der Waals surface area contributed by atoms with Crippen LogP contribution in [0.3, 0.4) is 0 Å². The molecule has 0 N–H and O–H groups in total. The van der Waals surface area contributed by atoms with Crippen molar-refractivity contribution in [3.63, 3.8) is 0 Å². The molecule has 1 heterocycles. The van der Waals surface area contributed by atoms with Crippen LogP contribution in [-0.2, 0) is 4.79 Å². The van der Waals surface area contributed by atoms with Crippen LogP contribution < -0.4 is 0 Å². The van der Waals surface area contributed by atoms with E-state index in [0.717, 1.165) is 32.1 Å². The summed E-state index contributed by atoms with van der Waals surface area (Å²) in [7, 11) is 3.88. The molecule has 1 aliphatic rings. The van der Waals surface area contributed by atoms with E-state index in [0.29, 0.717) is 6.54 Å². The van der Waals surface area contributed by atoms with Crippen LogP contribution in [-0.4, -0.2) is 74.0 Å². The third kappa shape index (κ3) is 5.04. The molecule has 1 amide bonds. The van der Waals surface area contributed by atoms with Gasteiger partial charge in [0.05, 0.1) is 6.54 Å². The average Bonchev–Trinajstić information content (AvgIpc) is 2.28. The highest BCUT2D eigenvalue weighted by Crippen LogP contribution is 2.08. The minimum Gasteiger partial charge on any atom is -0.339 e. The fourth-order valence-electron chi connectivity index (χ4n) is 2.12. The van der Waals surface area contributed by atoms with E-state index in [9.17, 15) is 4.79 Å². The van der Waals surface area contributed by atoms with Crippen LogP contribution in [0.25, 0.3) is 0 Å². The molecule has 0 spiro atoms. The zero-order valence-electron chi connectivity index (χ0n) is 11.8. The Morgan fingerprint density at radius 2 is 1.82 bits per heavy atom. The molecule has 0 bridgehead atoms. The second-order valence-electron chi connectivity index (χ2n) is 5.43. The lowest BCUT2D eigenvalue weighted by atomic mass is 10.1. The molecule has 1 aliphatic heterocycles. The monoisotopic (exact) mass is 241 g/mol. The van der Waals surface area contributed by atoms with Gasteiger partial charge in [0.25, 0.3) is 0 Å². The molecule has 17 heavy (non-hydrogen) atoms. The number of hydrogen-bond donors (Lipinski definition) is 0. The summed E-state index contributed by atoms with van der Waals surface area (Å²) in [5.41, 5.74) is 0. The van der Waals surface area contributed by atoms with Gasteiger partial charge in [-0.15, -0.1) is 0 Å². The van der Waals surface area contributed by atoms with Gasteiger partial charge in [-0.25, -0.2) is 0 Å². The van der Waals surface area contributed by atoms with E-state index in [1.54, 1.807) is 0 Å². The Balaban J connectivity index is 2.28. The first-order chi connectivity index (χ1) is 8.02. The first kappa shape index (κ1) is 14.5. The molecule has 0 radical (unpaired) electrons. The summed E-state index contributed by atoms with van der Waals surface area (Å²) < 4.78 is 0. The van der Waals surface area contributed by atoms with Crippen molar-refractivity contribution >= 4 is 5.91 Å². The zero-order valence-corrected chi connectivity index (χ0v) is 11.8. The third-order valence-corrected chi connectivity index (χ3v) is 3.44. The Bertz CT molecular complexity index is 235. The quantitative estimate of drug-likeness (QED) is 0.710. The SMILES string of the molecule is CCC(C)CN1CCN(C(=O)CN(C)C)CC1. The summed E-state index contributed by atoms with van der Waals surface area (Å²) in [6.45, 7) is 10.1. The molecule has 0 aliphatic carbocycles. The first-order valence-corrected chi connectivity index (χ1v) is 6.67. The number of hydrogen-bond acceptors (Lipinski definition) is 3. The maximum absolute atomic E-state index is 11.9. The molecule has 0 aromatic carbocycles. The largest absolute Gasteiger partial charge is 0.339 e. The lowest BCUT2D eigenvalue weighted by Gasteiger charge is -2.36. The maximum Gasteiger partial charge on any atom is 0.236 e. The Labute approximate surface area is 106 Å². The summed E-state index contributed by atoms with van der Waals surface area (Å²) >= 11 is 0. The predicted octanol–water partition coefficient (Wildman–Crippen LogP) is 0.738. The van der Waals surface area contributed by atoms with Gasteiger partial charge >= 0.3 is 0 Å². The molecule has 0 aromatic heterocycles. The average molecular weight is 241 g/mol. The molecule has 4 heteroatoms. The van der Waals surface area contributed by atoms with E-state index in [2.05, 4.69) is 18.7 Å². The standard InChI is InChI=1S/C13H27N3O/c1-5-12(2)10-15-6-8-16(9-7-15)13(17)11-14(3)4/h12H,5-11H2,1-4H3. The van der Waals surface area contributed by atoms with E-state index < -0.39 is 0 Å². The van der Waals surface area contributed by atoms with Crippen molar-refractivity contribution in [2.24, 2.45) is 5.92 Å². The third-order valence-electron chi connectivity index (χ3n) is 3.44. The number of piperazine rings is 1. The summed E-state index contributed by atoms with van der Waals surface area (Å²) in [6.07, 6.45) is 1.24. The van der Waals surface area contributed by atoms with Crippen molar-refractivity contribution in [3.8, 4) is 0 Å². The zero-order chi connectivity index (χ0) is 12.8. The van der Waals surface area contributed by atoms with E-state index >= 15 is 0 Å². The van der Waals surface area contributed by atoms with Crippen molar-refractivity contribution in [1.82, 2.24) is 14.7 Å². The fourth-order valence-corrected chi connectivity index (χ4v) is 2.12. The second kappa shape index (κ2) is 6.97. The number of likely N-dealkylation sites (N-methyl/N-ethyl adjacent to an activating group) is 1. The predicted molar refractivity (Wildman–Crippen MR) is 71.0 cm³/mol. The highest BCUT2D eigenvalue weighted by atomic mass is 16.2. The molecule has 0 aromatic rings. The summed E-state index contributed by atoms with van der Waals surface area (Å²) in [5, 5.41) is 0. The molecule has 4 nitrogen and oxygen atoms in total. The molecule has 1 rings (SSSR count). The Morgan fingerprint density at radius 3 is 2.29 bits per heavy atom. The second-order valence-corrected chi connectivity index (χ2v) is 5.43. The molecule has 0 saturated carbocycles. The lowest BCUT2D eigenvalue weighted by Crippen LogP contribution is -2.51. The number of carbonyl (C=O) groups excluding carboxylic acids is 1. The summed E-state index contributed by atoms with van der Waals surface area (Å²) in [4.78, 5) is 18.3. The van der Waals surface area contributed by atoms with Gasteiger partial charge in [-0.1, -0.05) is 20.3 Å². The van der Waals surface area contributed by atoms with Crippen molar-refractivity contribution < 1.29 is 4.79 Å². The van der Waals surface area contributed by atoms with Crippen LogP contribution in [0.5, 0.6) is 0 Å². The first-order valence-electron chi connectivity index (χ1n) is 6.67. The van der Waals surface area contributed by atoms with Crippen LogP contribution in [0.4, 0.5) is 0 Å². The Kier molecular flexibility index (Phi) is 5.92. The molecule has 100 valence electrons. The summed E-state index contributed by atoms with van der Waals surface area (Å²) in [6, 6.07) is 0. The van der Waals surface area contributed by atoms with Gasteiger partial charge < -0.3 is 9.80 Å². The number of nitrogens with zero attached hydrogens (tertiary/aromatic N) is 3. The molecule has 1 atom stereocenters. The smallest absolute Gasteiger partial charge is 0.236 e. The lowest BCUT2D eigenvalue weighted by molar-refractivity contribution is -0.133. The molecule has 1 unspecified atom stereocenters. The maximum atomic E-state index is 11.9. The van der Waals surface area contributed by atoms with Gasteiger partial charge in [0.15, 0.2) is 0 Å². The molecule has 1 saturated heterocycles. The summed E-state index contributed by atoms with van der Waals surface area (Å²) in [5.74, 6) is 1.03. The van der Waals surface area contributed by atoms with Crippen LogP contribution >= 0.6 is 0 Å². The molecule has 1 fully saturated rings. The van der Waals surface area contributed by atoms with Crippen molar-refractivity contribution in [2.75, 3.05) is 53.4 Å². The minimum absolute atomic E-state index is 0.262. The van der Waals surface area contributed by atoms with Crippen molar-refractivity contribution in [3.05, 3.63) is 0 Å². The number of carbonyl (C=O) groups is 1. The Morgan fingerprint density at radius 1 is 1.24 bits per heavy atom. The topological polar surface area (TPSA) is 26.8 Å². The van der Waals surface area contributed by atoms with Gasteiger partial charge in [-0.05, 0) is 20.0 Å². The van der Waals surface area contributed by atoms with E-state index in [-0.39, 0.29) is 5.91 Å². The van der Waals surface area contributed by atoms with E-state index in [1.807, 2.05) is 23.9 Å². The number of amides is 1. The normalized spacial score (nSPS) is 19.7. The van der Waals surface area contributed by atoms with Gasteiger partial charge in [0, 0.05) is 32.7 Å². The number of rotatable bonds is 5. The van der Waals surface area contributed by atoms with Crippen molar-refractivity contribution in [2.45, 2.75) is 20.3 Å². The fraction of sp³-hybridized carbons (Fsp3) is 0.923. The van der Waals surface area contributed by atoms with Crippen LogP contribution in [0.1, 0.15) is 20.3 Å². The molecular weight excluding hydrogens is 214 g/mol. The van der Waals surface area contributed by atoms with Crippen LogP contribution in [0, 0.1) is 5.92 Å². The van der Waals surface area contributed by atoms with Gasteiger partial charge in [-0.3, -0.25) is 9.69 Å².